The highest BCUT2D eigenvalue weighted by Crippen LogP contribution is 2.24. The van der Waals surface area contributed by atoms with Crippen LogP contribution in [-0.4, -0.2) is 29.5 Å². The molecule has 24 heavy (non-hydrogen) atoms. The highest BCUT2D eigenvalue weighted by Gasteiger charge is 2.32. The van der Waals surface area contributed by atoms with Crippen LogP contribution < -0.4 is 16.4 Å². The molecule has 0 bridgehead atoms. The molecule has 1 aromatic rings. The third-order valence-corrected chi connectivity index (χ3v) is 4.05. The first-order valence-electron chi connectivity index (χ1n) is 7.86. The third-order valence-electron chi connectivity index (χ3n) is 4.05. The summed E-state index contributed by atoms with van der Waals surface area (Å²) < 4.78 is 0. The molecule has 0 aromatic heterocycles. The van der Waals surface area contributed by atoms with E-state index in [0.29, 0.717) is 30.5 Å². The number of Topliss-reactive ketones (excluding diaryl/α,β-unsaturated/α-hetero) is 1. The van der Waals surface area contributed by atoms with E-state index in [2.05, 4.69) is 10.6 Å². The molecule has 0 aliphatic heterocycles. The van der Waals surface area contributed by atoms with Gasteiger partial charge in [-0.25, -0.2) is 0 Å². The highest BCUT2D eigenvalue weighted by molar-refractivity contribution is 5.98. The topological polar surface area (TPSA) is 118 Å². The SMILES string of the molecule is CC(=O)Nc1ccc(C(=O)N[C@@H](C(N)=O)[C@H]2CCCC(=O)C2)cc1. The summed E-state index contributed by atoms with van der Waals surface area (Å²) in [6.07, 6.45) is 2.16. The normalized spacial score (nSPS) is 18.5. The standard InChI is InChI=1S/C17H21N3O4/c1-10(21)19-13-7-5-11(6-8-13)17(24)20-15(16(18)23)12-3-2-4-14(22)9-12/h5-8,12,15H,2-4,9H2,1H3,(H2,18,23)(H,19,21)(H,20,24)/t12-,15+/m0/s1. The molecule has 0 spiro atoms. The van der Waals surface area contributed by atoms with Crippen LogP contribution in [0.15, 0.2) is 24.3 Å². The molecule has 1 aliphatic carbocycles. The van der Waals surface area contributed by atoms with Crippen molar-refractivity contribution in [3.8, 4) is 0 Å². The molecule has 7 nitrogen and oxygen atoms in total. The molecule has 3 amide bonds. The van der Waals surface area contributed by atoms with Crippen molar-refractivity contribution < 1.29 is 19.2 Å². The van der Waals surface area contributed by atoms with Crippen LogP contribution in [-0.2, 0) is 14.4 Å². The van der Waals surface area contributed by atoms with Crippen molar-refractivity contribution in [3.63, 3.8) is 0 Å². The molecular weight excluding hydrogens is 310 g/mol. The summed E-state index contributed by atoms with van der Waals surface area (Å²) in [7, 11) is 0. The van der Waals surface area contributed by atoms with Gasteiger partial charge in [0.1, 0.15) is 11.8 Å². The zero-order valence-electron chi connectivity index (χ0n) is 13.5. The van der Waals surface area contributed by atoms with E-state index in [0.717, 1.165) is 0 Å². The Morgan fingerprint density at radius 1 is 1.21 bits per heavy atom. The lowest BCUT2D eigenvalue weighted by molar-refractivity contribution is -0.124. The van der Waals surface area contributed by atoms with Crippen molar-refractivity contribution in [1.29, 1.82) is 0 Å². The van der Waals surface area contributed by atoms with Crippen LogP contribution in [0.4, 0.5) is 5.69 Å². The largest absolute Gasteiger partial charge is 0.368 e. The van der Waals surface area contributed by atoms with Gasteiger partial charge in [-0.15, -0.1) is 0 Å². The molecule has 0 radical (unpaired) electrons. The van der Waals surface area contributed by atoms with Crippen molar-refractivity contribution in [2.45, 2.75) is 38.6 Å². The minimum atomic E-state index is -0.864. The number of nitrogens with two attached hydrogens (primary N) is 1. The zero-order chi connectivity index (χ0) is 17.7. The van der Waals surface area contributed by atoms with Crippen molar-refractivity contribution in [2.75, 3.05) is 5.32 Å². The van der Waals surface area contributed by atoms with Gasteiger partial charge in [0.2, 0.25) is 11.8 Å². The van der Waals surface area contributed by atoms with E-state index in [9.17, 15) is 19.2 Å². The maximum absolute atomic E-state index is 12.3. The van der Waals surface area contributed by atoms with Gasteiger partial charge < -0.3 is 16.4 Å². The lowest BCUT2D eigenvalue weighted by atomic mass is 9.82. The van der Waals surface area contributed by atoms with Crippen LogP contribution in [0, 0.1) is 5.92 Å². The Kier molecular flexibility index (Phi) is 5.68. The molecule has 128 valence electrons. The molecule has 7 heteroatoms. The second-order valence-electron chi connectivity index (χ2n) is 6.01. The molecule has 1 fully saturated rings. The quantitative estimate of drug-likeness (QED) is 0.745. The summed E-state index contributed by atoms with van der Waals surface area (Å²) in [5, 5.41) is 5.23. The summed E-state index contributed by atoms with van der Waals surface area (Å²) >= 11 is 0. The molecule has 1 aliphatic rings. The van der Waals surface area contributed by atoms with E-state index >= 15 is 0 Å². The summed E-state index contributed by atoms with van der Waals surface area (Å²) in [5.41, 5.74) is 6.32. The summed E-state index contributed by atoms with van der Waals surface area (Å²) in [4.78, 5) is 46.6. The maximum atomic E-state index is 12.3. The van der Waals surface area contributed by atoms with Crippen molar-refractivity contribution in [2.24, 2.45) is 11.7 Å². The zero-order valence-corrected chi connectivity index (χ0v) is 13.5. The summed E-state index contributed by atoms with van der Waals surface area (Å²) in [6.45, 7) is 1.39. The van der Waals surface area contributed by atoms with Gasteiger partial charge in [0.15, 0.2) is 0 Å². The Bertz CT molecular complexity index is 654. The molecule has 1 saturated carbocycles. The number of hydrogen-bond acceptors (Lipinski definition) is 4. The highest BCUT2D eigenvalue weighted by atomic mass is 16.2. The second kappa shape index (κ2) is 7.72. The molecule has 0 unspecified atom stereocenters. The van der Waals surface area contributed by atoms with E-state index in [1.54, 1.807) is 24.3 Å². The van der Waals surface area contributed by atoms with E-state index < -0.39 is 17.9 Å². The fourth-order valence-electron chi connectivity index (χ4n) is 2.90. The van der Waals surface area contributed by atoms with Crippen LogP contribution in [0.3, 0.4) is 0 Å². The van der Waals surface area contributed by atoms with Gasteiger partial charge in [0.25, 0.3) is 5.91 Å². The van der Waals surface area contributed by atoms with Gasteiger partial charge in [0.05, 0.1) is 0 Å². The number of nitrogens with one attached hydrogen (secondary N) is 2. The Labute approximate surface area is 140 Å². The number of hydrogen-bond donors (Lipinski definition) is 3. The Balaban J connectivity index is 2.06. The minimum Gasteiger partial charge on any atom is -0.368 e. The fraction of sp³-hybridized carbons (Fsp3) is 0.412. The number of carbonyl (C=O) groups is 4. The van der Waals surface area contributed by atoms with Crippen LogP contribution in [0.2, 0.25) is 0 Å². The van der Waals surface area contributed by atoms with E-state index in [1.807, 2.05) is 0 Å². The average Bonchev–Trinajstić information content (AvgIpc) is 2.52. The molecule has 0 saturated heterocycles. The third kappa shape index (κ3) is 4.65. The van der Waals surface area contributed by atoms with Crippen LogP contribution in [0.5, 0.6) is 0 Å². The number of rotatable bonds is 5. The number of primary amides is 1. The van der Waals surface area contributed by atoms with E-state index in [4.69, 9.17) is 5.73 Å². The smallest absolute Gasteiger partial charge is 0.251 e. The molecular formula is C17H21N3O4. The second-order valence-corrected chi connectivity index (χ2v) is 6.01. The number of carbonyl (C=O) groups excluding carboxylic acids is 4. The summed E-state index contributed by atoms with van der Waals surface area (Å²) in [6, 6.07) is 5.42. The predicted molar refractivity (Wildman–Crippen MR) is 88.2 cm³/mol. The maximum Gasteiger partial charge on any atom is 0.251 e. The first kappa shape index (κ1) is 17.7. The lowest BCUT2D eigenvalue weighted by Gasteiger charge is -2.28. The van der Waals surface area contributed by atoms with E-state index in [-0.39, 0.29) is 24.0 Å². The van der Waals surface area contributed by atoms with Crippen LogP contribution in [0.1, 0.15) is 43.0 Å². The molecule has 2 rings (SSSR count). The Morgan fingerprint density at radius 2 is 1.88 bits per heavy atom. The van der Waals surface area contributed by atoms with Gasteiger partial charge in [-0.3, -0.25) is 19.2 Å². The van der Waals surface area contributed by atoms with Crippen molar-refractivity contribution >= 4 is 29.2 Å². The monoisotopic (exact) mass is 331 g/mol. The van der Waals surface area contributed by atoms with E-state index in [1.165, 1.54) is 6.92 Å². The lowest BCUT2D eigenvalue weighted by Crippen LogP contribution is -2.50. The van der Waals surface area contributed by atoms with Crippen molar-refractivity contribution in [3.05, 3.63) is 29.8 Å². The Morgan fingerprint density at radius 3 is 2.42 bits per heavy atom. The fourth-order valence-corrected chi connectivity index (χ4v) is 2.90. The average molecular weight is 331 g/mol. The number of amides is 3. The van der Waals surface area contributed by atoms with Gasteiger partial charge in [-0.05, 0) is 43.0 Å². The number of anilines is 1. The van der Waals surface area contributed by atoms with Gasteiger partial charge in [-0.2, -0.15) is 0 Å². The van der Waals surface area contributed by atoms with Gasteiger partial charge >= 0.3 is 0 Å². The Hall–Kier alpha value is -2.70. The summed E-state index contributed by atoms with van der Waals surface area (Å²) in [5.74, 6) is -1.45. The first-order valence-corrected chi connectivity index (χ1v) is 7.86. The molecule has 1 aromatic carbocycles. The first-order chi connectivity index (χ1) is 11.4. The van der Waals surface area contributed by atoms with Crippen molar-refractivity contribution in [1.82, 2.24) is 5.32 Å². The number of benzene rings is 1. The number of ketones is 1. The van der Waals surface area contributed by atoms with Crippen LogP contribution in [0.25, 0.3) is 0 Å². The van der Waals surface area contributed by atoms with Gasteiger partial charge in [-0.1, -0.05) is 0 Å². The predicted octanol–water partition coefficient (Wildman–Crippen LogP) is 0.988. The molecule has 0 heterocycles. The molecule has 2 atom stereocenters. The minimum absolute atomic E-state index is 0.0893. The van der Waals surface area contributed by atoms with Crippen LogP contribution >= 0.6 is 0 Å². The van der Waals surface area contributed by atoms with Gasteiger partial charge in [0, 0.05) is 31.0 Å². The molecule has 4 N–H and O–H groups in total.